The molecule has 1 aromatic heterocycles. The highest BCUT2D eigenvalue weighted by molar-refractivity contribution is 5.68. The molecule has 1 fully saturated rings. The first-order valence-corrected chi connectivity index (χ1v) is 6.66. The van der Waals surface area contributed by atoms with Crippen LogP contribution in [0.4, 0.5) is 11.5 Å². The van der Waals surface area contributed by atoms with Gasteiger partial charge < -0.3 is 14.7 Å². The lowest BCUT2D eigenvalue weighted by Crippen LogP contribution is -2.38. The molecule has 21 heavy (non-hydrogen) atoms. The minimum Gasteiger partial charge on any atom is -0.480 e. The number of nitro groups is 1. The van der Waals surface area contributed by atoms with E-state index < -0.39 is 10.9 Å². The highest BCUT2D eigenvalue weighted by Gasteiger charge is 2.22. The predicted molar refractivity (Wildman–Crippen MR) is 74.5 cm³/mol. The molecule has 2 rings (SSSR count). The van der Waals surface area contributed by atoms with Crippen LogP contribution in [0.25, 0.3) is 0 Å². The molecule has 1 N–H and O–H groups in total. The second-order valence-electron chi connectivity index (χ2n) is 4.98. The van der Waals surface area contributed by atoms with Gasteiger partial charge in [-0.05, 0) is 25.8 Å². The molecule has 0 amide bonds. The van der Waals surface area contributed by atoms with E-state index in [-0.39, 0.29) is 18.4 Å². The van der Waals surface area contributed by atoms with E-state index in [4.69, 9.17) is 9.84 Å². The summed E-state index contributed by atoms with van der Waals surface area (Å²) in [5.74, 6) is -0.264. The lowest BCUT2D eigenvalue weighted by Gasteiger charge is -2.32. The van der Waals surface area contributed by atoms with E-state index in [2.05, 4.69) is 4.98 Å². The molecule has 0 saturated carbocycles. The summed E-state index contributed by atoms with van der Waals surface area (Å²) in [4.78, 5) is 26.9. The Morgan fingerprint density at radius 3 is 2.76 bits per heavy atom. The maximum absolute atomic E-state index is 10.8. The number of nitrogens with zero attached hydrogens (tertiary/aromatic N) is 3. The topological polar surface area (TPSA) is 106 Å². The van der Waals surface area contributed by atoms with Crippen molar-refractivity contribution < 1.29 is 19.6 Å². The number of aryl methyl sites for hydroxylation is 1. The van der Waals surface area contributed by atoms with Crippen molar-refractivity contribution in [3.8, 4) is 0 Å². The summed E-state index contributed by atoms with van der Waals surface area (Å²) in [5.41, 5.74) is 0.590. The van der Waals surface area contributed by atoms with Gasteiger partial charge in [0.15, 0.2) is 0 Å². The van der Waals surface area contributed by atoms with Gasteiger partial charge in [-0.2, -0.15) is 0 Å². The molecule has 0 unspecified atom stereocenters. The van der Waals surface area contributed by atoms with Gasteiger partial charge in [-0.15, -0.1) is 0 Å². The van der Waals surface area contributed by atoms with Gasteiger partial charge in [-0.1, -0.05) is 0 Å². The normalized spacial score (nSPS) is 16.0. The quantitative estimate of drug-likeness (QED) is 0.645. The van der Waals surface area contributed by atoms with Crippen molar-refractivity contribution in [2.45, 2.75) is 25.9 Å². The Labute approximate surface area is 121 Å². The minimum atomic E-state index is -0.968. The maximum atomic E-state index is 10.8. The number of hydrogen-bond acceptors (Lipinski definition) is 6. The van der Waals surface area contributed by atoms with Gasteiger partial charge in [0.2, 0.25) is 0 Å². The van der Waals surface area contributed by atoms with Crippen molar-refractivity contribution in [2.24, 2.45) is 0 Å². The minimum absolute atomic E-state index is 0.0124. The van der Waals surface area contributed by atoms with Crippen molar-refractivity contribution >= 4 is 17.5 Å². The highest BCUT2D eigenvalue weighted by atomic mass is 16.6. The molecule has 0 aliphatic carbocycles. The van der Waals surface area contributed by atoms with Crippen LogP contribution in [0.15, 0.2) is 12.3 Å². The van der Waals surface area contributed by atoms with Crippen LogP contribution in [-0.2, 0) is 9.53 Å². The van der Waals surface area contributed by atoms with Crippen molar-refractivity contribution in [3.05, 3.63) is 27.9 Å². The molecule has 1 aliphatic heterocycles. The molecule has 2 heterocycles. The molecule has 8 heteroatoms. The number of aliphatic carboxylic acids is 1. The molecule has 1 aromatic rings. The van der Waals surface area contributed by atoms with Gasteiger partial charge in [-0.3, -0.25) is 10.1 Å². The number of rotatable bonds is 5. The third-order valence-electron chi connectivity index (χ3n) is 3.47. The molecule has 0 atom stereocenters. The van der Waals surface area contributed by atoms with Crippen molar-refractivity contribution in [1.82, 2.24) is 4.98 Å². The summed E-state index contributed by atoms with van der Waals surface area (Å²) in [6.45, 7) is 2.79. The Kier molecular flexibility index (Phi) is 4.69. The first-order chi connectivity index (χ1) is 9.97. The van der Waals surface area contributed by atoms with E-state index in [0.717, 1.165) is 0 Å². The Balaban J connectivity index is 1.94. The van der Waals surface area contributed by atoms with Crippen LogP contribution < -0.4 is 4.90 Å². The monoisotopic (exact) mass is 295 g/mol. The fourth-order valence-corrected chi connectivity index (χ4v) is 2.34. The molecule has 0 radical (unpaired) electrons. The van der Waals surface area contributed by atoms with Gasteiger partial charge >= 0.3 is 5.97 Å². The molecule has 0 bridgehead atoms. The van der Waals surface area contributed by atoms with Crippen LogP contribution >= 0.6 is 0 Å². The summed E-state index contributed by atoms with van der Waals surface area (Å²) in [6.07, 6.45) is 2.64. The van der Waals surface area contributed by atoms with Gasteiger partial charge in [0, 0.05) is 18.7 Å². The molecular weight excluding hydrogens is 278 g/mol. The second kappa shape index (κ2) is 6.49. The zero-order valence-corrected chi connectivity index (χ0v) is 11.7. The molecule has 8 nitrogen and oxygen atoms in total. The van der Waals surface area contributed by atoms with Crippen LogP contribution in [0.2, 0.25) is 0 Å². The molecular formula is C13H17N3O5. The fraction of sp³-hybridized carbons (Fsp3) is 0.538. The van der Waals surface area contributed by atoms with E-state index in [1.165, 1.54) is 6.20 Å². The first kappa shape index (κ1) is 15.2. The highest BCUT2D eigenvalue weighted by Crippen LogP contribution is 2.24. The van der Waals surface area contributed by atoms with Crippen molar-refractivity contribution in [1.29, 1.82) is 0 Å². The maximum Gasteiger partial charge on any atom is 0.329 e. The van der Waals surface area contributed by atoms with E-state index in [1.54, 1.807) is 13.0 Å². The summed E-state index contributed by atoms with van der Waals surface area (Å²) in [7, 11) is 0. The SMILES string of the molecule is Cc1cc(N2CCC(OCC(=O)O)CC2)ncc1[N+](=O)[O-]. The third kappa shape index (κ3) is 3.88. The largest absolute Gasteiger partial charge is 0.480 e. The zero-order valence-electron chi connectivity index (χ0n) is 11.7. The van der Waals surface area contributed by atoms with E-state index in [1.807, 2.05) is 4.90 Å². The van der Waals surface area contributed by atoms with E-state index in [0.29, 0.717) is 37.3 Å². The van der Waals surface area contributed by atoms with Crippen LogP contribution in [0, 0.1) is 17.0 Å². The van der Waals surface area contributed by atoms with E-state index >= 15 is 0 Å². The molecule has 0 spiro atoms. The lowest BCUT2D eigenvalue weighted by molar-refractivity contribution is -0.385. The van der Waals surface area contributed by atoms with Crippen LogP contribution in [0.3, 0.4) is 0 Å². The summed E-state index contributed by atoms with van der Waals surface area (Å²) in [5, 5.41) is 19.3. The number of hydrogen-bond donors (Lipinski definition) is 1. The Morgan fingerprint density at radius 1 is 1.57 bits per heavy atom. The number of aromatic nitrogens is 1. The number of carbonyl (C=O) groups is 1. The van der Waals surface area contributed by atoms with Crippen LogP contribution in [0.5, 0.6) is 0 Å². The molecule has 0 aromatic carbocycles. The summed E-state index contributed by atoms with van der Waals surface area (Å²) in [6, 6.07) is 1.70. The molecule has 1 saturated heterocycles. The van der Waals surface area contributed by atoms with E-state index in [9.17, 15) is 14.9 Å². The van der Waals surface area contributed by atoms with Crippen LogP contribution in [0.1, 0.15) is 18.4 Å². The Bertz CT molecular complexity index is 541. The standard InChI is InChI=1S/C13H17N3O5/c1-9-6-12(14-7-11(9)16(19)20)15-4-2-10(3-5-15)21-8-13(17)18/h6-7,10H,2-5,8H2,1H3,(H,17,18). The average Bonchev–Trinajstić information content (AvgIpc) is 2.45. The number of piperidine rings is 1. The number of ether oxygens (including phenoxy) is 1. The van der Waals surface area contributed by atoms with Crippen molar-refractivity contribution in [3.63, 3.8) is 0 Å². The summed E-state index contributed by atoms with van der Waals surface area (Å²) < 4.78 is 5.27. The second-order valence-corrected chi connectivity index (χ2v) is 4.98. The predicted octanol–water partition coefficient (Wildman–Crippen LogP) is 1.37. The average molecular weight is 295 g/mol. The number of carboxylic acids is 1. The van der Waals surface area contributed by atoms with Gasteiger partial charge in [-0.25, -0.2) is 9.78 Å². The third-order valence-corrected chi connectivity index (χ3v) is 3.47. The Hall–Kier alpha value is -2.22. The smallest absolute Gasteiger partial charge is 0.329 e. The van der Waals surface area contributed by atoms with Gasteiger partial charge in [0.05, 0.1) is 11.0 Å². The lowest BCUT2D eigenvalue weighted by atomic mass is 10.1. The molecule has 1 aliphatic rings. The Morgan fingerprint density at radius 2 is 2.24 bits per heavy atom. The number of pyridine rings is 1. The zero-order chi connectivity index (χ0) is 15.4. The van der Waals surface area contributed by atoms with Gasteiger partial charge in [0.1, 0.15) is 18.6 Å². The fourth-order valence-electron chi connectivity index (χ4n) is 2.34. The van der Waals surface area contributed by atoms with Gasteiger partial charge in [0.25, 0.3) is 5.69 Å². The molecule has 114 valence electrons. The van der Waals surface area contributed by atoms with Crippen LogP contribution in [-0.4, -0.2) is 46.8 Å². The first-order valence-electron chi connectivity index (χ1n) is 6.66. The van der Waals surface area contributed by atoms with Crippen molar-refractivity contribution in [2.75, 3.05) is 24.6 Å². The number of carboxylic acid groups (broad SMARTS) is 1. The number of anilines is 1. The summed E-state index contributed by atoms with van der Waals surface area (Å²) >= 11 is 0.